The fourth-order valence-corrected chi connectivity index (χ4v) is 1.01. The number of nitrogens with zero attached hydrogens (tertiary/aromatic N) is 1. The first-order chi connectivity index (χ1) is 4.72. The minimum Gasteiger partial charge on any atom is -0.465 e. The molecule has 0 unspecified atom stereocenters. The summed E-state index contributed by atoms with van der Waals surface area (Å²) >= 11 is 0. The van der Waals surface area contributed by atoms with Crippen LogP contribution in [0.25, 0.3) is 0 Å². The molecule has 4 nitrogen and oxygen atoms in total. The molecular formula is C6H11NO3. The van der Waals surface area contributed by atoms with E-state index in [-0.39, 0.29) is 6.04 Å². The van der Waals surface area contributed by atoms with Crippen molar-refractivity contribution in [2.24, 2.45) is 0 Å². The maximum atomic E-state index is 10.4. The topological polar surface area (TPSA) is 49.8 Å². The highest BCUT2D eigenvalue weighted by atomic mass is 16.5. The lowest BCUT2D eigenvalue weighted by atomic mass is 10.3. The van der Waals surface area contributed by atoms with Gasteiger partial charge in [-0.1, -0.05) is 0 Å². The molecule has 1 N–H and O–H groups in total. The molecule has 0 aliphatic carbocycles. The van der Waals surface area contributed by atoms with E-state index in [9.17, 15) is 4.79 Å². The van der Waals surface area contributed by atoms with Gasteiger partial charge in [0.15, 0.2) is 0 Å². The van der Waals surface area contributed by atoms with Crippen molar-refractivity contribution in [2.75, 3.05) is 19.8 Å². The molecule has 0 radical (unpaired) electrons. The molecule has 4 heteroatoms. The summed E-state index contributed by atoms with van der Waals surface area (Å²) < 4.78 is 5.06. The van der Waals surface area contributed by atoms with Gasteiger partial charge < -0.3 is 14.7 Å². The fraction of sp³-hybridized carbons (Fsp3) is 0.833. The summed E-state index contributed by atoms with van der Waals surface area (Å²) in [6.07, 6.45) is -0.851. The van der Waals surface area contributed by atoms with Gasteiger partial charge in [-0.05, 0) is 6.92 Å². The molecule has 0 spiro atoms. The van der Waals surface area contributed by atoms with Crippen LogP contribution in [0.2, 0.25) is 0 Å². The van der Waals surface area contributed by atoms with Gasteiger partial charge in [0.1, 0.15) is 0 Å². The molecule has 1 fully saturated rings. The minimum absolute atomic E-state index is 0.00579. The van der Waals surface area contributed by atoms with E-state index in [2.05, 4.69) is 0 Å². The molecule has 0 aromatic heterocycles. The van der Waals surface area contributed by atoms with Crippen LogP contribution in [0.4, 0.5) is 4.79 Å². The highest BCUT2D eigenvalue weighted by Gasteiger charge is 2.22. The van der Waals surface area contributed by atoms with Crippen molar-refractivity contribution < 1.29 is 14.6 Å². The van der Waals surface area contributed by atoms with Gasteiger partial charge in [0.25, 0.3) is 0 Å². The standard InChI is InChI=1S/C6H11NO3/c1-5-4-10-3-2-7(5)6(8)9/h5H,2-4H2,1H3,(H,8,9)/t5-/m1/s1. The highest BCUT2D eigenvalue weighted by molar-refractivity contribution is 5.65. The number of carbonyl (C=O) groups is 1. The molecule has 10 heavy (non-hydrogen) atoms. The summed E-state index contributed by atoms with van der Waals surface area (Å²) in [5, 5.41) is 8.58. The summed E-state index contributed by atoms with van der Waals surface area (Å²) in [6.45, 7) is 3.38. The molecule has 1 aliphatic rings. The third-order valence-corrected chi connectivity index (χ3v) is 1.61. The first-order valence-electron chi connectivity index (χ1n) is 3.29. The smallest absolute Gasteiger partial charge is 0.407 e. The predicted octanol–water partition coefficient (Wildman–Crippen LogP) is 0.385. The Kier molecular flexibility index (Phi) is 2.11. The number of hydrogen-bond donors (Lipinski definition) is 1. The van der Waals surface area contributed by atoms with Crippen LogP contribution >= 0.6 is 0 Å². The van der Waals surface area contributed by atoms with Crippen LogP contribution in [-0.2, 0) is 4.74 Å². The molecule has 0 bridgehead atoms. The number of ether oxygens (including phenoxy) is 1. The van der Waals surface area contributed by atoms with E-state index in [1.54, 1.807) is 0 Å². The van der Waals surface area contributed by atoms with Crippen LogP contribution in [0.5, 0.6) is 0 Å². The summed E-state index contributed by atoms with van der Waals surface area (Å²) in [6, 6.07) is 0.00579. The maximum Gasteiger partial charge on any atom is 0.407 e. The van der Waals surface area contributed by atoms with Crippen molar-refractivity contribution in [1.29, 1.82) is 0 Å². The molecule has 1 saturated heterocycles. The van der Waals surface area contributed by atoms with Crippen molar-refractivity contribution in [2.45, 2.75) is 13.0 Å². The van der Waals surface area contributed by atoms with Crippen LogP contribution in [0.3, 0.4) is 0 Å². The number of carboxylic acid groups (broad SMARTS) is 1. The molecule has 0 saturated carbocycles. The highest BCUT2D eigenvalue weighted by Crippen LogP contribution is 2.05. The molecule has 1 rings (SSSR count). The summed E-state index contributed by atoms with van der Waals surface area (Å²) in [7, 11) is 0. The Morgan fingerprint density at radius 3 is 2.90 bits per heavy atom. The Labute approximate surface area is 59.4 Å². The van der Waals surface area contributed by atoms with Gasteiger partial charge in [0.2, 0.25) is 0 Å². The quantitative estimate of drug-likeness (QED) is 0.536. The van der Waals surface area contributed by atoms with Crippen LogP contribution in [0.15, 0.2) is 0 Å². The average Bonchev–Trinajstić information content (AvgIpc) is 1.88. The maximum absolute atomic E-state index is 10.4. The molecule has 1 heterocycles. The molecule has 1 amide bonds. The number of amides is 1. The van der Waals surface area contributed by atoms with E-state index < -0.39 is 6.09 Å². The van der Waals surface area contributed by atoms with E-state index in [4.69, 9.17) is 9.84 Å². The van der Waals surface area contributed by atoms with Crippen LogP contribution < -0.4 is 0 Å². The van der Waals surface area contributed by atoms with Gasteiger partial charge in [-0.25, -0.2) is 4.79 Å². The Balaban J connectivity index is 2.47. The summed E-state index contributed by atoms with van der Waals surface area (Å²) in [5.74, 6) is 0. The largest absolute Gasteiger partial charge is 0.465 e. The zero-order valence-electron chi connectivity index (χ0n) is 5.91. The first-order valence-corrected chi connectivity index (χ1v) is 3.29. The van der Waals surface area contributed by atoms with Gasteiger partial charge in [-0.3, -0.25) is 0 Å². The third kappa shape index (κ3) is 1.39. The minimum atomic E-state index is -0.851. The number of morpholine rings is 1. The van der Waals surface area contributed by atoms with Crippen molar-refractivity contribution in [3.63, 3.8) is 0 Å². The lowest BCUT2D eigenvalue weighted by Crippen LogP contribution is -2.46. The second kappa shape index (κ2) is 2.88. The SMILES string of the molecule is C[C@@H]1COCCN1C(=O)O. The van der Waals surface area contributed by atoms with E-state index in [1.165, 1.54) is 4.90 Å². The molecule has 1 atom stereocenters. The third-order valence-electron chi connectivity index (χ3n) is 1.61. The lowest BCUT2D eigenvalue weighted by Gasteiger charge is -2.30. The molecule has 0 aromatic carbocycles. The second-order valence-electron chi connectivity index (χ2n) is 2.40. The van der Waals surface area contributed by atoms with E-state index in [0.717, 1.165) is 0 Å². The van der Waals surface area contributed by atoms with E-state index in [0.29, 0.717) is 19.8 Å². The number of hydrogen-bond acceptors (Lipinski definition) is 2. The Bertz CT molecular complexity index is 137. The number of rotatable bonds is 0. The van der Waals surface area contributed by atoms with Crippen molar-refractivity contribution in [3.05, 3.63) is 0 Å². The van der Waals surface area contributed by atoms with Crippen LogP contribution in [0.1, 0.15) is 6.92 Å². The molecule has 0 aromatic rings. The van der Waals surface area contributed by atoms with Crippen molar-refractivity contribution in [3.8, 4) is 0 Å². The normalized spacial score (nSPS) is 26.5. The second-order valence-corrected chi connectivity index (χ2v) is 2.40. The van der Waals surface area contributed by atoms with Gasteiger partial charge in [0.05, 0.1) is 19.3 Å². The monoisotopic (exact) mass is 145 g/mol. The van der Waals surface area contributed by atoms with Crippen molar-refractivity contribution in [1.82, 2.24) is 4.90 Å². The van der Waals surface area contributed by atoms with Gasteiger partial charge in [-0.2, -0.15) is 0 Å². The molecule has 58 valence electrons. The molecular weight excluding hydrogens is 134 g/mol. The zero-order chi connectivity index (χ0) is 7.56. The van der Waals surface area contributed by atoms with Gasteiger partial charge in [0, 0.05) is 6.54 Å². The summed E-state index contributed by atoms with van der Waals surface area (Å²) in [4.78, 5) is 11.8. The Morgan fingerprint density at radius 1 is 1.80 bits per heavy atom. The van der Waals surface area contributed by atoms with Crippen molar-refractivity contribution >= 4 is 6.09 Å². The first kappa shape index (κ1) is 7.34. The molecule has 1 aliphatic heterocycles. The van der Waals surface area contributed by atoms with Crippen LogP contribution in [-0.4, -0.2) is 41.9 Å². The summed E-state index contributed by atoms with van der Waals surface area (Å²) in [5.41, 5.74) is 0. The average molecular weight is 145 g/mol. The van der Waals surface area contributed by atoms with E-state index >= 15 is 0 Å². The Morgan fingerprint density at radius 2 is 2.50 bits per heavy atom. The Hall–Kier alpha value is -0.770. The zero-order valence-corrected chi connectivity index (χ0v) is 5.91. The predicted molar refractivity (Wildman–Crippen MR) is 35.0 cm³/mol. The van der Waals surface area contributed by atoms with Gasteiger partial charge >= 0.3 is 6.09 Å². The lowest BCUT2D eigenvalue weighted by molar-refractivity contribution is 0.00633. The van der Waals surface area contributed by atoms with E-state index in [1.807, 2.05) is 6.92 Å². The van der Waals surface area contributed by atoms with Crippen LogP contribution in [0, 0.1) is 0 Å². The fourth-order valence-electron chi connectivity index (χ4n) is 1.01. The van der Waals surface area contributed by atoms with Gasteiger partial charge in [-0.15, -0.1) is 0 Å².